The number of sulfonamides is 1. The lowest BCUT2D eigenvalue weighted by molar-refractivity contribution is 0.176. The number of fused-ring (bicyclic) bond motifs is 1. The molecule has 1 aliphatic rings. The lowest BCUT2D eigenvalue weighted by Gasteiger charge is -2.44. The standard InChI is InChI=1S/C14H17N3O2S/c1-10-5-6-12(11-4-3-7-16-13(10)11)20(18,19)17-8-14(2,15)9-17/h3-7H,8-9,15H2,1-2H3. The summed E-state index contributed by atoms with van der Waals surface area (Å²) in [5, 5.41) is 0.665. The van der Waals surface area contributed by atoms with Gasteiger partial charge in [-0.1, -0.05) is 6.07 Å². The van der Waals surface area contributed by atoms with Gasteiger partial charge in [-0.05, 0) is 37.6 Å². The maximum absolute atomic E-state index is 12.7. The maximum Gasteiger partial charge on any atom is 0.243 e. The van der Waals surface area contributed by atoms with Gasteiger partial charge in [0.25, 0.3) is 0 Å². The Kier molecular flexibility index (Phi) is 2.86. The Balaban J connectivity index is 2.14. The van der Waals surface area contributed by atoms with E-state index in [2.05, 4.69) is 4.98 Å². The molecule has 1 aliphatic heterocycles. The molecule has 2 aromatic rings. The molecule has 20 heavy (non-hydrogen) atoms. The number of nitrogens with two attached hydrogens (primary N) is 1. The number of hydrogen-bond donors (Lipinski definition) is 1. The molecule has 3 rings (SSSR count). The number of rotatable bonds is 2. The third kappa shape index (κ3) is 2.00. The molecule has 1 fully saturated rings. The summed E-state index contributed by atoms with van der Waals surface area (Å²) in [4.78, 5) is 4.59. The van der Waals surface area contributed by atoms with Crippen LogP contribution in [0, 0.1) is 6.92 Å². The second-order valence-corrected chi connectivity index (χ2v) is 7.61. The molecule has 0 aliphatic carbocycles. The van der Waals surface area contributed by atoms with Crippen LogP contribution in [0.15, 0.2) is 35.4 Å². The van der Waals surface area contributed by atoms with Gasteiger partial charge in [0.05, 0.1) is 10.4 Å². The Labute approximate surface area is 118 Å². The van der Waals surface area contributed by atoms with Crippen LogP contribution in [-0.4, -0.2) is 36.3 Å². The van der Waals surface area contributed by atoms with Crippen molar-refractivity contribution in [3.63, 3.8) is 0 Å². The monoisotopic (exact) mass is 291 g/mol. The fourth-order valence-corrected chi connectivity index (χ4v) is 4.47. The number of aromatic nitrogens is 1. The molecule has 106 valence electrons. The summed E-state index contributed by atoms with van der Waals surface area (Å²) in [6.45, 7) is 4.48. The first-order chi connectivity index (χ1) is 9.31. The molecular weight excluding hydrogens is 274 g/mol. The maximum atomic E-state index is 12.7. The first-order valence-electron chi connectivity index (χ1n) is 6.45. The molecule has 0 spiro atoms. The van der Waals surface area contributed by atoms with Crippen molar-refractivity contribution in [2.45, 2.75) is 24.3 Å². The number of benzene rings is 1. The quantitative estimate of drug-likeness (QED) is 0.904. The van der Waals surface area contributed by atoms with Crippen LogP contribution in [0.4, 0.5) is 0 Å². The summed E-state index contributed by atoms with van der Waals surface area (Å²) in [7, 11) is -3.50. The minimum absolute atomic E-state index is 0.307. The molecule has 2 N–H and O–H groups in total. The molecule has 0 radical (unpaired) electrons. The molecule has 0 bridgehead atoms. The topological polar surface area (TPSA) is 76.3 Å². The molecular formula is C14H17N3O2S. The predicted octanol–water partition coefficient (Wildman–Crippen LogP) is 1.26. The summed E-state index contributed by atoms with van der Waals surface area (Å²) in [5.41, 5.74) is 7.17. The first-order valence-corrected chi connectivity index (χ1v) is 7.89. The van der Waals surface area contributed by atoms with E-state index in [0.29, 0.717) is 23.4 Å². The van der Waals surface area contributed by atoms with Gasteiger partial charge in [0.1, 0.15) is 0 Å². The average molecular weight is 291 g/mol. The van der Waals surface area contributed by atoms with Crippen molar-refractivity contribution in [2.24, 2.45) is 5.73 Å². The van der Waals surface area contributed by atoms with Gasteiger partial charge in [0, 0.05) is 30.2 Å². The predicted molar refractivity (Wildman–Crippen MR) is 77.8 cm³/mol. The normalized spacial score (nSPS) is 18.9. The van der Waals surface area contributed by atoms with Gasteiger partial charge in [-0.25, -0.2) is 8.42 Å². The highest BCUT2D eigenvalue weighted by Gasteiger charge is 2.43. The Hall–Kier alpha value is -1.50. The largest absolute Gasteiger partial charge is 0.323 e. The van der Waals surface area contributed by atoms with E-state index in [-0.39, 0.29) is 0 Å². The van der Waals surface area contributed by atoms with E-state index in [1.807, 2.05) is 13.8 Å². The second kappa shape index (κ2) is 4.25. The van der Waals surface area contributed by atoms with Gasteiger partial charge in [-0.15, -0.1) is 0 Å². The van der Waals surface area contributed by atoms with Crippen LogP contribution >= 0.6 is 0 Å². The van der Waals surface area contributed by atoms with E-state index in [0.717, 1.165) is 11.1 Å². The van der Waals surface area contributed by atoms with E-state index in [1.54, 1.807) is 30.5 Å². The van der Waals surface area contributed by atoms with Gasteiger partial charge in [-0.3, -0.25) is 4.98 Å². The minimum Gasteiger partial charge on any atom is -0.323 e. The van der Waals surface area contributed by atoms with E-state index in [9.17, 15) is 8.42 Å². The highest BCUT2D eigenvalue weighted by atomic mass is 32.2. The van der Waals surface area contributed by atoms with Gasteiger partial charge in [-0.2, -0.15) is 4.31 Å². The van der Waals surface area contributed by atoms with Crippen molar-refractivity contribution in [2.75, 3.05) is 13.1 Å². The molecule has 0 unspecified atom stereocenters. The molecule has 0 amide bonds. The molecule has 0 atom stereocenters. The van der Waals surface area contributed by atoms with Gasteiger partial charge < -0.3 is 5.73 Å². The molecule has 1 aromatic carbocycles. The summed E-state index contributed by atoms with van der Waals surface area (Å²) in [6, 6.07) is 7.00. The van der Waals surface area contributed by atoms with Crippen LogP contribution in [0.5, 0.6) is 0 Å². The number of nitrogens with zero attached hydrogens (tertiary/aromatic N) is 2. The highest BCUT2D eigenvalue weighted by molar-refractivity contribution is 7.89. The summed E-state index contributed by atoms with van der Waals surface area (Å²) in [5.74, 6) is 0. The molecule has 6 heteroatoms. The zero-order valence-electron chi connectivity index (χ0n) is 11.5. The average Bonchev–Trinajstić information content (AvgIpc) is 2.36. The lowest BCUT2D eigenvalue weighted by atomic mass is 9.97. The highest BCUT2D eigenvalue weighted by Crippen LogP contribution is 2.31. The van der Waals surface area contributed by atoms with Crippen LogP contribution in [0.1, 0.15) is 12.5 Å². The summed E-state index contributed by atoms with van der Waals surface area (Å²) >= 11 is 0. The Morgan fingerprint density at radius 2 is 2.00 bits per heavy atom. The zero-order chi connectivity index (χ0) is 14.5. The molecule has 1 aromatic heterocycles. The van der Waals surface area contributed by atoms with Gasteiger partial charge in [0.2, 0.25) is 10.0 Å². The lowest BCUT2D eigenvalue weighted by Crippen LogP contribution is -2.66. The van der Waals surface area contributed by atoms with Crippen LogP contribution in [-0.2, 0) is 10.0 Å². The third-order valence-corrected chi connectivity index (χ3v) is 5.47. The smallest absolute Gasteiger partial charge is 0.243 e. The molecule has 0 saturated carbocycles. The van der Waals surface area contributed by atoms with Gasteiger partial charge >= 0.3 is 0 Å². The van der Waals surface area contributed by atoms with Crippen LogP contribution in [0.3, 0.4) is 0 Å². The van der Waals surface area contributed by atoms with Crippen molar-refractivity contribution >= 4 is 20.9 Å². The van der Waals surface area contributed by atoms with Crippen LogP contribution in [0.25, 0.3) is 10.9 Å². The zero-order valence-corrected chi connectivity index (χ0v) is 12.3. The number of hydrogen-bond acceptors (Lipinski definition) is 4. The van der Waals surface area contributed by atoms with E-state index in [4.69, 9.17) is 5.73 Å². The summed E-state index contributed by atoms with van der Waals surface area (Å²) in [6.07, 6.45) is 1.67. The van der Waals surface area contributed by atoms with E-state index in [1.165, 1.54) is 4.31 Å². The van der Waals surface area contributed by atoms with Crippen molar-refractivity contribution in [3.05, 3.63) is 36.0 Å². The third-order valence-electron chi connectivity index (χ3n) is 3.62. The number of aryl methyl sites for hydroxylation is 1. The number of pyridine rings is 1. The van der Waals surface area contributed by atoms with Crippen molar-refractivity contribution < 1.29 is 8.42 Å². The van der Waals surface area contributed by atoms with Crippen molar-refractivity contribution in [1.29, 1.82) is 0 Å². The molecule has 5 nitrogen and oxygen atoms in total. The van der Waals surface area contributed by atoms with Crippen LogP contribution in [0.2, 0.25) is 0 Å². The Morgan fingerprint density at radius 1 is 1.30 bits per heavy atom. The Morgan fingerprint density at radius 3 is 2.65 bits per heavy atom. The van der Waals surface area contributed by atoms with Crippen molar-refractivity contribution in [3.8, 4) is 0 Å². The first kappa shape index (κ1) is 13.5. The fourth-order valence-electron chi connectivity index (χ4n) is 2.58. The molecule has 2 heterocycles. The Bertz CT molecular complexity index is 776. The van der Waals surface area contributed by atoms with E-state index < -0.39 is 15.6 Å². The summed E-state index contributed by atoms with van der Waals surface area (Å²) < 4.78 is 26.8. The van der Waals surface area contributed by atoms with Gasteiger partial charge in [0.15, 0.2) is 0 Å². The molecule has 1 saturated heterocycles. The SMILES string of the molecule is Cc1ccc(S(=O)(=O)N2CC(C)(N)C2)c2cccnc12. The fraction of sp³-hybridized carbons (Fsp3) is 0.357. The van der Waals surface area contributed by atoms with Crippen LogP contribution < -0.4 is 5.73 Å². The second-order valence-electron chi connectivity index (χ2n) is 5.71. The van der Waals surface area contributed by atoms with Crippen molar-refractivity contribution in [1.82, 2.24) is 9.29 Å². The van der Waals surface area contributed by atoms with E-state index >= 15 is 0 Å². The minimum atomic E-state index is -3.50.